The van der Waals surface area contributed by atoms with Gasteiger partial charge in [-0.1, -0.05) is 43.3 Å². The van der Waals surface area contributed by atoms with E-state index >= 15 is 0 Å². The molecule has 0 bridgehead atoms. The van der Waals surface area contributed by atoms with Crippen LogP contribution in [0.4, 0.5) is 0 Å². The van der Waals surface area contributed by atoms with Gasteiger partial charge in [-0.3, -0.25) is 0 Å². The Kier molecular flexibility index (Phi) is 5.37. The molecule has 1 aromatic heterocycles. The Morgan fingerprint density at radius 3 is 2.46 bits per heavy atom. The average Bonchev–Trinajstić information content (AvgIpc) is 3.16. The van der Waals surface area contributed by atoms with Crippen molar-refractivity contribution in [1.82, 2.24) is 0 Å². The summed E-state index contributed by atoms with van der Waals surface area (Å²) < 4.78 is 10.5. The van der Waals surface area contributed by atoms with Crippen molar-refractivity contribution in [3.05, 3.63) is 89.4 Å². The second-order valence-corrected chi connectivity index (χ2v) is 6.34. The Morgan fingerprint density at radius 2 is 1.75 bits per heavy atom. The fourth-order valence-electron chi connectivity index (χ4n) is 2.95. The molecule has 3 rings (SSSR count). The number of hydrogen-bond acceptors (Lipinski definition) is 2. The minimum absolute atomic E-state index is 0.528. The molecule has 2 nitrogen and oxygen atoms in total. The highest BCUT2D eigenvalue weighted by molar-refractivity contribution is 5.33. The largest absolute Gasteiger partial charge is 0.497 e. The molecule has 0 fully saturated rings. The van der Waals surface area contributed by atoms with Gasteiger partial charge in [0.1, 0.15) is 5.75 Å². The zero-order chi connectivity index (χ0) is 16.8. The van der Waals surface area contributed by atoms with Crippen molar-refractivity contribution in [2.75, 3.05) is 7.11 Å². The Balaban J connectivity index is 1.57. The van der Waals surface area contributed by atoms with Crippen molar-refractivity contribution in [2.24, 2.45) is 0 Å². The maximum atomic E-state index is 5.29. The highest BCUT2D eigenvalue weighted by atomic mass is 16.5. The Bertz CT molecular complexity index is 742. The molecule has 1 unspecified atom stereocenters. The number of rotatable bonds is 7. The third kappa shape index (κ3) is 4.29. The van der Waals surface area contributed by atoms with Crippen LogP contribution in [0, 0.1) is 0 Å². The summed E-state index contributed by atoms with van der Waals surface area (Å²) in [6.45, 7) is 2.25. The molecule has 0 aliphatic rings. The van der Waals surface area contributed by atoms with Crippen molar-refractivity contribution in [3.63, 3.8) is 0 Å². The topological polar surface area (TPSA) is 22.4 Å². The number of methoxy groups -OCH3 is 1. The molecule has 24 heavy (non-hydrogen) atoms. The van der Waals surface area contributed by atoms with E-state index in [9.17, 15) is 0 Å². The van der Waals surface area contributed by atoms with Crippen molar-refractivity contribution in [1.29, 1.82) is 0 Å². The highest BCUT2D eigenvalue weighted by Crippen LogP contribution is 2.22. The van der Waals surface area contributed by atoms with E-state index in [-0.39, 0.29) is 0 Å². The smallest absolute Gasteiger partial charge is 0.119 e. The van der Waals surface area contributed by atoms with Gasteiger partial charge in [-0.05, 0) is 65.6 Å². The fourth-order valence-corrected chi connectivity index (χ4v) is 2.95. The van der Waals surface area contributed by atoms with Crippen molar-refractivity contribution in [3.8, 4) is 5.75 Å². The summed E-state index contributed by atoms with van der Waals surface area (Å²) in [4.78, 5) is 0. The Morgan fingerprint density at radius 1 is 0.958 bits per heavy atom. The molecule has 0 amide bonds. The van der Waals surface area contributed by atoms with Crippen LogP contribution in [-0.2, 0) is 12.8 Å². The summed E-state index contributed by atoms with van der Waals surface area (Å²) >= 11 is 0. The van der Waals surface area contributed by atoms with E-state index < -0.39 is 0 Å². The van der Waals surface area contributed by atoms with Crippen LogP contribution < -0.4 is 4.74 Å². The molecule has 124 valence electrons. The first kappa shape index (κ1) is 16.4. The van der Waals surface area contributed by atoms with Gasteiger partial charge in [0, 0.05) is 0 Å². The van der Waals surface area contributed by atoms with Gasteiger partial charge in [0.25, 0.3) is 0 Å². The van der Waals surface area contributed by atoms with Crippen LogP contribution in [-0.4, -0.2) is 7.11 Å². The van der Waals surface area contributed by atoms with Crippen molar-refractivity contribution >= 4 is 0 Å². The quantitative estimate of drug-likeness (QED) is 0.564. The molecular weight excluding hydrogens is 296 g/mol. The molecule has 2 aromatic carbocycles. The normalized spacial score (nSPS) is 12.1. The van der Waals surface area contributed by atoms with E-state index in [4.69, 9.17) is 9.15 Å². The maximum absolute atomic E-state index is 5.29. The van der Waals surface area contributed by atoms with E-state index in [1.807, 2.05) is 18.4 Å². The fraction of sp³-hybridized carbons (Fsp3) is 0.273. The van der Waals surface area contributed by atoms with Crippen LogP contribution in [0.3, 0.4) is 0 Å². The van der Waals surface area contributed by atoms with Gasteiger partial charge in [0.05, 0.1) is 19.6 Å². The van der Waals surface area contributed by atoms with E-state index in [1.165, 1.54) is 22.3 Å². The van der Waals surface area contributed by atoms with Gasteiger partial charge in [-0.25, -0.2) is 0 Å². The first-order chi connectivity index (χ1) is 11.7. The summed E-state index contributed by atoms with van der Waals surface area (Å²) in [6.07, 6.45) is 6.75. The lowest BCUT2D eigenvalue weighted by atomic mass is 9.95. The second-order valence-electron chi connectivity index (χ2n) is 6.34. The van der Waals surface area contributed by atoms with Crippen LogP contribution in [0.1, 0.15) is 41.5 Å². The van der Waals surface area contributed by atoms with Crippen LogP contribution in [0.25, 0.3) is 0 Å². The summed E-state index contributed by atoms with van der Waals surface area (Å²) in [6, 6.07) is 19.3. The molecule has 0 saturated carbocycles. The number of furan rings is 1. The second kappa shape index (κ2) is 7.87. The van der Waals surface area contributed by atoms with Crippen LogP contribution in [0.2, 0.25) is 0 Å². The zero-order valence-corrected chi connectivity index (χ0v) is 14.4. The predicted molar refractivity (Wildman–Crippen MR) is 97.7 cm³/mol. The third-order valence-electron chi connectivity index (χ3n) is 4.54. The molecular formula is C22H24O2. The maximum Gasteiger partial charge on any atom is 0.119 e. The molecule has 3 aromatic rings. The predicted octanol–water partition coefficient (Wildman–Crippen LogP) is 5.62. The summed E-state index contributed by atoms with van der Waals surface area (Å²) in [5.74, 6) is 1.44. The SMILES string of the molecule is COc1cccc(Cc2ccc(CCC(C)c3ccoc3)cc2)c1. The summed E-state index contributed by atoms with van der Waals surface area (Å²) in [5, 5.41) is 0. The van der Waals surface area contributed by atoms with Gasteiger partial charge in [-0.2, -0.15) is 0 Å². The lowest BCUT2D eigenvalue weighted by Crippen LogP contribution is -1.96. The molecule has 1 heterocycles. The standard InChI is InChI=1S/C22H24O2/c1-17(21-12-13-24-16-21)6-7-18-8-10-19(11-9-18)14-20-4-3-5-22(15-20)23-2/h3-5,8-13,15-17H,6-7,14H2,1-2H3. The zero-order valence-electron chi connectivity index (χ0n) is 14.4. The molecule has 0 spiro atoms. The van der Waals surface area contributed by atoms with Gasteiger partial charge >= 0.3 is 0 Å². The average molecular weight is 320 g/mol. The Labute approximate surface area is 144 Å². The lowest BCUT2D eigenvalue weighted by molar-refractivity contribution is 0.414. The van der Waals surface area contributed by atoms with Crippen LogP contribution >= 0.6 is 0 Å². The highest BCUT2D eigenvalue weighted by Gasteiger charge is 2.07. The third-order valence-corrected chi connectivity index (χ3v) is 4.54. The molecule has 0 radical (unpaired) electrons. The van der Waals surface area contributed by atoms with E-state index in [2.05, 4.69) is 49.4 Å². The van der Waals surface area contributed by atoms with Crippen molar-refractivity contribution < 1.29 is 9.15 Å². The first-order valence-electron chi connectivity index (χ1n) is 8.47. The molecule has 0 N–H and O–H groups in total. The Hall–Kier alpha value is -2.48. The molecule has 0 aliphatic carbocycles. The number of ether oxygens (including phenoxy) is 1. The summed E-state index contributed by atoms with van der Waals surface area (Å²) in [7, 11) is 1.71. The minimum Gasteiger partial charge on any atom is -0.497 e. The number of benzene rings is 2. The van der Waals surface area contributed by atoms with Gasteiger partial charge in [0.2, 0.25) is 0 Å². The van der Waals surface area contributed by atoms with Crippen LogP contribution in [0.5, 0.6) is 5.75 Å². The van der Waals surface area contributed by atoms with Crippen LogP contribution in [0.15, 0.2) is 71.5 Å². The number of aryl methyl sites for hydroxylation is 1. The first-order valence-corrected chi connectivity index (χ1v) is 8.47. The molecule has 1 atom stereocenters. The van der Waals surface area contributed by atoms with E-state index in [0.29, 0.717) is 5.92 Å². The molecule has 2 heteroatoms. The minimum atomic E-state index is 0.528. The van der Waals surface area contributed by atoms with Gasteiger partial charge < -0.3 is 9.15 Å². The van der Waals surface area contributed by atoms with Gasteiger partial charge in [-0.15, -0.1) is 0 Å². The number of hydrogen-bond donors (Lipinski definition) is 0. The lowest BCUT2D eigenvalue weighted by Gasteiger charge is -2.10. The summed E-state index contributed by atoms with van der Waals surface area (Å²) in [5.41, 5.74) is 5.27. The van der Waals surface area contributed by atoms with Crippen molar-refractivity contribution in [2.45, 2.75) is 32.1 Å². The molecule has 0 saturated heterocycles. The molecule has 0 aliphatic heterocycles. The van der Waals surface area contributed by atoms with E-state index in [1.54, 1.807) is 13.4 Å². The van der Waals surface area contributed by atoms with E-state index in [0.717, 1.165) is 25.0 Å². The van der Waals surface area contributed by atoms with Gasteiger partial charge in [0.15, 0.2) is 0 Å². The monoisotopic (exact) mass is 320 g/mol.